The number of hydrogen-bond acceptors (Lipinski definition) is 3. The van der Waals surface area contributed by atoms with E-state index in [9.17, 15) is 0 Å². The fourth-order valence-corrected chi connectivity index (χ4v) is 2.88. The van der Waals surface area contributed by atoms with Crippen LogP contribution < -0.4 is 4.90 Å². The maximum Gasteiger partial charge on any atom is 0.186 e. The largest absolute Gasteiger partial charge is 0.344 e. The molecule has 0 fully saturated rings. The molecule has 90 valence electrons. The van der Waals surface area contributed by atoms with Gasteiger partial charge in [0.05, 0.1) is 6.04 Å². The minimum atomic E-state index is 0.158. The Morgan fingerprint density at radius 3 is 2.59 bits per heavy atom. The monoisotopic (exact) mass is 286 g/mol. The number of nitrogens with zero attached hydrogens (tertiary/aromatic N) is 2. The van der Waals surface area contributed by atoms with Crippen LogP contribution in [0.3, 0.4) is 0 Å². The zero-order chi connectivity index (χ0) is 12.4. The van der Waals surface area contributed by atoms with Gasteiger partial charge in [0, 0.05) is 17.5 Å². The molecule has 0 saturated carbocycles. The van der Waals surface area contributed by atoms with Crippen LogP contribution in [0, 0.1) is 0 Å². The van der Waals surface area contributed by atoms with E-state index in [1.807, 2.05) is 36.7 Å². The fourth-order valence-electron chi connectivity index (χ4n) is 1.60. The molecule has 0 N–H and O–H groups in total. The van der Waals surface area contributed by atoms with Crippen molar-refractivity contribution in [2.45, 2.75) is 13.0 Å². The summed E-state index contributed by atoms with van der Waals surface area (Å²) in [6.45, 7) is 2.09. The van der Waals surface area contributed by atoms with Crippen molar-refractivity contribution in [1.82, 2.24) is 4.98 Å². The third kappa shape index (κ3) is 2.73. The summed E-state index contributed by atoms with van der Waals surface area (Å²) in [6.07, 6.45) is 0. The second kappa shape index (κ2) is 5.25. The summed E-state index contributed by atoms with van der Waals surface area (Å²) >= 11 is 13.5. The van der Waals surface area contributed by atoms with Gasteiger partial charge in [0.25, 0.3) is 0 Å². The van der Waals surface area contributed by atoms with Gasteiger partial charge in [-0.25, -0.2) is 4.98 Å². The lowest BCUT2D eigenvalue weighted by molar-refractivity contribution is 0.737. The molecule has 2 aromatic rings. The molecule has 2 rings (SSSR count). The normalized spacial score (nSPS) is 12.5. The van der Waals surface area contributed by atoms with Crippen molar-refractivity contribution in [2.75, 3.05) is 11.9 Å². The van der Waals surface area contributed by atoms with Gasteiger partial charge in [-0.1, -0.05) is 41.4 Å². The molecule has 1 unspecified atom stereocenters. The maximum atomic E-state index is 6.19. The third-order valence-corrected chi connectivity index (χ3v) is 4.30. The molecular weight excluding hydrogens is 275 g/mol. The first-order valence-corrected chi connectivity index (χ1v) is 6.81. The van der Waals surface area contributed by atoms with Crippen LogP contribution in [-0.2, 0) is 0 Å². The number of aromatic nitrogens is 1. The van der Waals surface area contributed by atoms with E-state index < -0.39 is 0 Å². The Hall–Kier alpha value is -0.770. The first-order valence-electron chi connectivity index (χ1n) is 5.18. The predicted octanol–water partition coefficient (Wildman–Crippen LogP) is 4.65. The van der Waals surface area contributed by atoms with Gasteiger partial charge in [-0.15, -0.1) is 11.3 Å². The number of anilines is 1. The van der Waals surface area contributed by atoms with Crippen molar-refractivity contribution >= 4 is 39.7 Å². The maximum absolute atomic E-state index is 6.19. The zero-order valence-corrected chi connectivity index (χ0v) is 11.9. The van der Waals surface area contributed by atoms with E-state index in [4.69, 9.17) is 23.2 Å². The molecule has 2 nitrogen and oxygen atoms in total. The van der Waals surface area contributed by atoms with Crippen molar-refractivity contribution < 1.29 is 0 Å². The molecule has 1 atom stereocenters. The molecule has 1 heterocycles. The van der Waals surface area contributed by atoms with E-state index in [2.05, 4.69) is 16.8 Å². The van der Waals surface area contributed by atoms with Crippen LogP contribution in [0.2, 0.25) is 10.2 Å². The molecule has 0 saturated heterocycles. The number of rotatable bonds is 3. The molecule has 5 heteroatoms. The van der Waals surface area contributed by atoms with E-state index in [0.29, 0.717) is 5.15 Å². The molecule has 1 aromatic carbocycles. The van der Waals surface area contributed by atoms with Crippen LogP contribution in [0.4, 0.5) is 5.13 Å². The summed E-state index contributed by atoms with van der Waals surface area (Å²) in [5.74, 6) is 0. The molecule has 17 heavy (non-hydrogen) atoms. The lowest BCUT2D eigenvalue weighted by Gasteiger charge is -2.25. The van der Waals surface area contributed by atoms with Crippen molar-refractivity contribution in [1.29, 1.82) is 0 Å². The molecule has 1 aromatic heterocycles. The number of benzene rings is 1. The van der Waals surface area contributed by atoms with Crippen molar-refractivity contribution in [3.63, 3.8) is 0 Å². The van der Waals surface area contributed by atoms with Crippen LogP contribution in [0.1, 0.15) is 18.5 Å². The van der Waals surface area contributed by atoms with Crippen LogP contribution in [-0.4, -0.2) is 12.0 Å². The third-order valence-electron chi connectivity index (χ3n) is 2.70. The standard InChI is InChI=1S/C12H12Cl2N2S/c1-8(9-5-3-4-6-10(9)13)16(2)12-15-11(14)7-17-12/h3-8H,1-2H3. The number of halogens is 2. The molecule has 0 aliphatic carbocycles. The summed E-state index contributed by atoms with van der Waals surface area (Å²) in [4.78, 5) is 6.32. The Morgan fingerprint density at radius 2 is 2.00 bits per heavy atom. The van der Waals surface area contributed by atoms with E-state index in [-0.39, 0.29) is 6.04 Å². The van der Waals surface area contributed by atoms with Gasteiger partial charge in [-0.05, 0) is 18.6 Å². The smallest absolute Gasteiger partial charge is 0.186 e. The lowest BCUT2D eigenvalue weighted by atomic mass is 10.1. The molecule has 0 radical (unpaired) electrons. The van der Waals surface area contributed by atoms with Gasteiger partial charge >= 0.3 is 0 Å². The highest BCUT2D eigenvalue weighted by molar-refractivity contribution is 7.14. The Balaban J connectivity index is 2.26. The zero-order valence-electron chi connectivity index (χ0n) is 9.52. The molecule has 0 amide bonds. The molecular formula is C12H12Cl2N2S. The highest BCUT2D eigenvalue weighted by Crippen LogP contribution is 2.32. The van der Waals surface area contributed by atoms with Gasteiger partial charge in [-0.3, -0.25) is 0 Å². The lowest BCUT2D eigenvalue weighted by Crippen LogP contribution is -2.21. The Morgan fingerprint density at radius 1 is 1.29 bits per heavy atom. The van der Waals surface area contributed by atoms with Gasteiger partial charge in [0.15, 0.2) is 5.13 Å². The topological polar surface area (TPSA) is 16.1 Å². The predicted molar refractivity (Wildman–Crippen MR) is 75.4 cm³/mol. The first kappa shape index (κ1) is 12.7. The molecule has 0 aliphatic heterocycles. The molecule has 0 aliphatic rings. The van der Waals surface area contributed by atoms with E-state index in [1.165, 1.54) is 11.3 Å². The van der Waals surface area contributed by atoms with E-state index in [0.717, 1.165) is 15.7 Å². The quantitative estimate of drug-likeness (QED) is 0.817. The van der Waals surface area contributed by atoms with Gasteiger partial charge in [0.1, 0.15) is 5.15 Å². The van der Waals surface area contributed by atoms with Gasteiger partial charge in [0.2, 0.25) is 0 Å². The minimum Gasteiger partial charge on any atom is -0.344 e. The highest BCUT2D eigenvalue weighted by Gasteiger charge is 2.17. The van der Waals surface area contributed by atoms with Crippen LogP contribution in [0.15, 0.2) is 29.6 Å². The van der Waals surface area contributed by atoms with Crippen molar-refractivity contribution in [3.8, 4) is 0 Å². The minimum absolute atomic E-state index is 0.158. The SMILES string of the molecule is CC(c1ccccc1Cl)N(C)c1nc(Cl)cs1. The molecule has 0 bridgehead atoms. The van der Waals surface area contributed by atoms with Crippen LogP contribution in [0.5, 0.6) is 0 Å². The van der Waals surface area contributed by atoms with E-state index >= 15 is 0 Å². The summed E-state index contributed by atoms with van der Waals surface area (Å²) in [5, 5.41) is 4.02. The van der Waals surface area contributed by atoms with Gasteiger partial charge < -0.3 is 4.90 Å². The van der Waals surface area contributed by atoms with Gasteiger partial charge in [-0.2, -0.15) is 0 Å². The van der Waals surface area contributed by atoms with Crippen molar-refractivity contribution in [3.05, 3.63) is 45.4 Å². The second-order valence-corrected chi connectivity index (χ2v) is 5.39. The highest BCUT2D eigenvalue weighted by atomic mass is 35.5. The molecule has 0 spiro atoms. The Bertz CT molecular complexity index is 513. The average molecular weight is 287 g/mol. The summed E-state index contributed by atoms with van der Waals surface area (Å²) in [6, 6.07) is 8.00. The van der Waals surface area contributed by atoms with Crippen LogP contribution >= 0.6 is 34.5 Å². The fraction of sp³-hybridized carbons (Fsp3) is 0.250. The van der Waals surface area contributed by atoms with E-state index in [1.54, 1.807) is 0 Å². The summed E-state index contributed by atoms with van der Waals surface area (Å²) < 4.78 is 0. The number of thiazole rings is 1. The second-order valence-electron chi connectivity index (χ2n) is 3.76. The first-order chi connectivity index (χ1) is 8.09. The Kier molecular flexibility index (Phi) is 3.92. The summed E-state index contributed by atoms with van der Waals surface area (Å²) in [5.41, 5.74) is 1.09. The number of hydrogen-bond donors (Lipinski definition) is 0. The average Bonchev–Trinajstić information content (AvgIpc) is 2.75. The van der Waals surface area contributed by atoms with Crippen molar-refractivity contribution in [2.24, 2.45) is 0 Å². The summed E-state index contributed by atoms with van der Waals surface area (Å²) in [7, 11) is 1.99. The van der Waals surface area contributed by atoms with Crippen LogP contribution in [0.25, 0.3) is 0 Å². The Labute approximate surface area is 115 Å².